The van der Waals surface area contributed by atoms with Crippen molar-refractivity contribution in [3.8, 4) is 11.4 Å². The highest BCUT2D eigenvalue weighted by molar-refractivity contribution is 6.37. The van der Waals surface area contributed by atoms with E-state index in [0.717, 1.165) is 11.1 Å². The zero-order chi connectivity index (χ0) is 18.4. The number of ether oxygens (including phenoxy) is 1. The third-order valence-electron chi connectivity index (χ3n) is 3.46. The number of esters is 1. The van der Waals surface area contributed by atoms with Crippen molar-refractivity contribution in [3.63, 3.8) is 0 Å². The van der Waals surface area contributed by atoms with Gasteiger partial charge in [0, 0.05) is 23.6 Å². The number of aromatic nitrogens is 3. The lowest BCUT2D eigenvalue weighted by molar-refractivity contribution is -0.152. The second-order valence-corrected chi connectivity index (χ2v) is 5.26. The first-order valence-corrected chi connectivity index (χ1v) is 7.96. The molecule has 0 saturated carbocycles. The first-order valence-electron chi connectivity index (χ1n) is 7.96. The smallest absolute Gasteiger partial charge is 0.397 e. The summed E-state index contributed by atoms with van der Waals surface area (Å²) in [6, 6.07) is 10.7. The lowest BCUT2D eigenvalue weighted by atomic mass is 10.1. The van der Waals surface area contributed by atoms with Crippen LogP contribution >= 0.6 is 0 Å². The summed E-state index contributed by atoms with van der Waals surface area (Å²) in [6.07, 6.45) is 3.60. The van der Waals surface area contributed by atoms with Gasteiger partial charge < -0.3 is 14.6 Å². The number of rotatable bonds is 5. The van der Waals surface area contributed by atoms with E-state index in [1.54, 1.807) is 43.6 Å². The highest BCUT2D eigenvalue weighted by Gasteiger charge is 2.17. The van der Waals surface area contributed by atoms with Crippen molar-refractivity contribution in [2.45, 2.75) is 13.3 Å². The van der Waals surface area contributed by atoms with Gasteiger partial charge >= 0.3 is 11.9 Å². The Morgan fingerprint density at radius 2 is 2.04 bits per heavy atom. The molecule has 0 radical (unpaired) electrons. The molecule has 132 valence electrons. The quantitative estimate of drug-likeness (QED) is 0.554. The van der Waals surface area contributed by atoms with Crippen LogP contribution in [0.1, 0.15) is 18.4 Å². The number of hydrogen-bond acceptors (Lipinski definition) is 7. The van der Waals surface area contributed by atoms with Crippen LogP contribution in [0.5, 0.6) is 0 Å². The van der Waals surface area contributed by atoms with Crippen molar-refractivity contribution >= 4 is 17.6 Å². The molecule has 0 aliphatic heterocycles. The molecule has 8 nitrogen and oxygen atoms in total. The fourth-order valence-corrected chi connectivity index (χ4v) is 2.27. The van der Waals surface area contributed by atoms with Gasteiger partial charge in [-0.25, -0.2) is 4.79 Å². The lowest BCUT2D eigenvalue weighted by Gasteiger charge is -2.09. The molecule has 3 rings (SSSR count). The number of carbonyl (C=O) groups is 2. The SMILES string of the molecule is CCOC(=O)C(=O)Nc1ccccc1Cc1nc(-c2cccnc2)no1. The molecular formula is C18H16N4O4. The van der Waals surface area contributed by atoms with Crippen LogP contribution in [0.3, 0.4) is 0 Å². The van der Waals surface area contributed by atoms with E-state index in [1.165, 1.54) is 0 Å². The Balaban J connectivity index is 1.76. The van der Waals surface area contributed by atoms with Crippen LogP contribution in [0.25, 0.3) is 11.4 Å². The molecule has 8 heteroatoms. The second-order valence-electron chi connectivity index (χ2n) is 5.26. The van der Waals surface area contributed by atoms with Gasteiger partial charge in [-0.15, -0.1) is 0 Å². The topological polar surface area (TPSA) is 107 Å². The van der Waals surface area contributed by atoms with Crippen molar-refractivity contribution in [1.82, 2.24) is 15.1 Å². The molecule has 1 amide bonds. The van der Waals surface area contributed by atoms with E-state index in [1.807, 2.05) is 12.1 Å². The number of amides is 1. The molecule has 1 N–H and O–H groups in total. The molecule has 0 aliphatic rings. The Labute approximate surface area is 149 Å². The van der Waals surface area contributed by atoms with E-state index in [4.69, 9.17) is 4.52 Å². The first kappa shape index (κ1) is 17.3. The minimum atomic E-state index is -0.932. The van der Waals surface area contributed by atoms with Gasteiger partial charge in [-0.1, -0.05) is 23.4 Å². The Kier molecular flexibility index (Phi) is 5.33. The Hall–Kier alpha value is -3.55. The summed E-state index contributed by atoms with van der Waals surface area (Å²) in [5, 5.41) is 6.48. The van der Waals surface area contributed by atoms with Crippen molar-refractivity contribution in [1.29, 1.82) is 0 Å². The molecule has 26 heavy (non-hydrogen) atoms. The summed E-state index contributed by atoms with van der Waals surface area (Å²) in [4.78, 5) is 31.7. The van der Waals surface area contributed by atoms with Crippen molar-refractivity contribution < 1.29 is 18.8 Å². The predicted molar refractivity (Wildman–Crippen MR) is 92.0 cm³/mol. The molecule has 2 heterocycles. The Bertz CT molecular complexity index is 908. The standard InChI is InChI=1S/C18H16N4O4/c1-2-25-18(24)17(23)20-14-8-4-3-6-12(14)10-15-21-16(22-26-15)13-7-5-9-19-11-13/h3-9,11H,2,10H2,1H3,(H,20,23). The maximum Gasteiger partial charge on any atom is 0.397 e. The summed E-state index contributed by atoms with van der Waals surface area (Å²) in [7, 11) is 0. The largest absolute Gasteiger partial charge is 0.459 e. The van der Waals surface area contributed by atoms with Crippen LogP contribution in [0.4, 0.5) is 5.69 Å². The number of carbonyl (C=O) groups excluding carboxylic acids is 2. The summed E-state index contributed by atoms with van der Waals surface area (Å²) in [5.41, 5.74) is 1.95. The number of benzene rings is 1. The van der Waals surface area contributed by atoms with Crippen LogP contribution in [-0.4, -0.2) is 33.6 Å². The van der Waals surface area contributed by atoms with Gasteiger partial charge in [0.15, 0.2) is 0 Å². The van der Waals surface area contributed by atoms with E-state index in [0.29, 0.717) is 23.8 Å². The van der Waals surface area contributed by atoms with Crippen molar-refractivity contribution in [3.05, 3.63) is 60.2 Å². The van der Waals surface area contributed by atoms with Crippen molar-refractivity contribution in [2.24, 2.45) is 0 Å². The van der Waals surface area contributed by atoms with Crippen LogP contribution < -0.4 is 5.32 Å². The van der Waals surface area contributed by atoms with E-state index in [-0.39, 0.29) is 6.61 Å². The van der Waals surface area contributed by atoms with E-state index < -0.39 is 11.9 Å². The highest BCUT2D eigenvalue weighted by atomic mass is 16.5. The summed E-state index contributed by atoms with van der Waals surface area (Å²) in [5.74, 6) is -0.956. The number of hydrogen-bond donors (Lipinski definition) is 1. The molecule has 0 spiro atoms. The molecule has 0 bridgehead atoms. The lowest BCUT2D eigenvalue weighted by Crippen LogP contribution is -2.25. The van der Waals surface area contributed by atoms with Gasteiger partial charge in [0.1, 0.15) is 0 Å². The molecule has 0 saturated heterocycles. The highest BCUT2D eigenvalue weighted by Crippen LogP contribution is 2.20. The Morgan fingerprint density at radius 1 is 1.19 bits per heavy atom. The van der Waals surface area contributed by atoms with Gasteiger partial charge in [-0.3, -0.25) is 9.78 Å². The summed E-state index contributed by atoms with van der Waals surface area (Å²) < 4.78 is 9.96. The second kappa shape index (κ2) is 8.02. The van der Waals surface area contributed by atoms with Gasteiger partial charge in [-0.05, 0) is 30.7 Å². The van der Waals surface area contributed by atoms with Crippen LogP contribution in [0.15, 0.2) is 53.3 Å². The van der Waals surface area contributed by atoms with E-state index in [9.17, 15) is 9.59 Å². The van der Waals surface area contributed by atoms with Gasteiger partial charge in [0.05, 0.1) is 13.0 Å². The average Bonchev–Trinajstić information content (AvgIpc) is 3.13. The number of pyridine rings is 1. The first-order chi connectivity index (χ1) is 12.7. The molecular weight excluding hydrogens is 336 g/mol. The predicted octanol–water partition coefficient (Wildman–Crippen LogP) is 2.22. The minimum Gasteiger partial charge on any atom is -0.459 e. The zero-order valence-corrected chi connectivity index (χ0v) is 14.0. The molecule has 0 unspecified atom stereocenters. The fraction of sp³-hybridized carbons (Fsp3) is 0.167. The molecule has 3 aromatic rings. The van der Waals surface area contributed by atoms with Crippen LogP contribution in [-0.2, 0) is 20.7 Å². The molecule has 0 atom stereocenters. The third-order valence-corrected chi connectivity index (χ3v) is 3.46. The average molecular weight is 352 g/mol. The Morgan fingerprint density at radius 3 is 2.81 bits per heavy atom. The minimum absolute atomic E-state index is 0.132. The number of nitrogens with one attached hydrogen (secondary N) is 1. The number of anilines is 1. The van der Waals surface area contributed by atoms with E-state index >= 15 is 0 Å². The fourth-order valence-electron chi connectivity index (χ4n) is 2.27. The maximum atomic E-state index is 11.9. The van der Waals surface area contributed by atoms with E-state index in [2.05, 4.69) is 25.2 Å². The molecule has 0 aliphatic carbocycles. The number of para-hydroxylation sites is 1. The number of nitrogens with zero attached hydrogens (tertiary/aromatic N) is 3. The van der Waals surface area contributed by atoms with Crippen LogP contribution in [0.2, 0.25) is 0 Å². The zero-order valence-electron chi connectivity index (χ0n) is 14.0. The van der Waals surface area contributed by atoms with Gasteiger partial charge in [-0.2, -0.15) is 4.98 Å². The van der Waals surface area contributed by atoms with Crippen molar-refractivity contribution in [2.75, 3.05) is 11.9 Å². The molecule has 2 aromatic heterocycles. The van der Waals surface area contributed by atoms with Crippen LogP contribution in [0, 0.1) is 0 Å². The molecule has 0 fully saturated rings. The third kappa shape index (κ3) is 4.10. The van der Waals surface area contributed by atoms with Gasteiger partial charge in [0.2, 0.25) is 11.7 Å². The van der Waals surface area contributed by atoms with Gasteiger partial charge in [0.25, 0.3) is 0 Å². The normalized spacial score (nSPS) is 10.3. The molecule has 1 aromatic carbocycles. The summed E-state index contributed by atoms with van der Waals surface area (Å²) >= 11 is 0. The summed E-state index contributed by atoms with van der Waals surface area (Å²) in [6.45, 7) is 1.77. The maximum absolute atomic E-state index is 11.9. The monoisotopic (exact) mass is 352 g/mol.